The predicted molar refractivity (Wildman–Crippen MR) is 153 cm³/mol. The minimum atomic E-state index is -0.952. The van der Waals surface area contributed by atoms with E-state index in [1.54, 1.807) is 26.8 Å². The zero-order valence-corrected chi connectivity index (χ0v) is 24.1. The van der Waals surface area contributed by atoms with Crippen LogP contribution in [0.4, 0.5) is 10.5 Å². The maximum atomic E-state index is 14.0. The fourth-order valence-corrected chi connectivity index (χ4v) is 4.20. The summed E-state index contributed by atoms with van der Waals surface area (Å²) in [4.78, 5) is 42.1. The Morgan fingerprint density at radius 1 is 1.03 bits per heavy atom. The van der Waals surface area contributed by atoms with Gasteiger partial charge in [-0.05, 0) is 69.2 Å². The zero-order valence-electron chi connectivity index (χ0n) is 24.1. The molecule has 0 aliphatic heterocycles. The average Bonchev–Trinajstić information content (AvgIpc) is 2.83. The topological polar surface area (TPSA) is 87.7 Å². The summed E-state index contributed by atoms with van der Waals surface area (Å²) >= 11 is 0. The van der Waals surface area contributed by atoms with Gasteiger partial charge >= 0.3 is 6.09 Å². The quantitative estimate of drug-likeness (QED) is 0.369. The molecule has 2 aromatic rings. The molecule has 38 heavy (non-hydrogen) atoms. The Morgan fingerprint density at radius 3 is 2.08 bits per heavy atom. The lowest BCUT2D eigenvalue weighted by atomic mass is 9.97. The molecule has 2 unspecified atom stereocenters. The third-order valence-corrected chi connectivity index (χ3v) is 6.21. The first-order valence-corrected chi connectivity index (χ1v) is 13.2. The number of para-hydroxylation sites is 1. The molecule has 0 radical (unpaired) electrons. The molecule has 2 N–H and O–H groups in total. The molecule has 2 rings (SSSR count). The number of benzene rings is 2. The normalized spacial score (nSPS) is 12.9. The Balaban J connectivity index is 2.54. The van der Waals surface area contributed by atoms with E-state index in [1.807, 2.05) is 70.2 Å². The number of carbonyl (C=O) groups excluding carboxylic acids is 3. The fraction of sp³-hybridized carbons (Fsp3) is 0.452. The zero-order chi connectivity index (χ0) is 28.6. The first-order chi connectivity index (χ1) is 17.8. The molecule has 3 amide bonds. The molecule has 0 saturated heterocycles. The second kappa shape index (κ2) is 13.3. The summed E-state index contributed by atoms with van der Waals surface area (Å²) in [7, 11) is 0. The van der Waals surface area contributed by atoms with Gasteiger partial charge in [0.2, 0.25) is 5.91 Å². The smallest absolute Gasteiger partial charge is 0.408 e. The van der Waals surface area contributed by atoms with Crippen LogP contribution in [0.1, 0.15) is 69.8 Å². The summed E-state index contributed by atoms with van der Waals surface area (Å²) in [6.07, 6.45) is 1.75. The second-order valence-corrected chi connectivity index (χ2v) is 10.9. The number of alkyl carbamates (subject to hydrolysis) is 1. The Hall–Kier alpha value is -3.61. The van der Waals surface area contributed by atoms with Gasteiger partial charge in [-0.3, -0.25) is 9.59 Å². The van der Waals surface area contributed by atoms with E-state index in [4.69, 9.17) is 4.74 Å². The van der Waals surface area contributed by atoms with Crippen molar-refractivity contribution >= 4 is 23.6 Å². The highest BCUT2D eigenvalue weighted by Crippen LogP contribution is 2.28. The molecule has 0 spiro atoms. The summed E-state index contributed by atoms with van der Waals surface area (Å²) in [6, 6.07) is 11.6. The second-order valence-electron chi connectivity index (χ2n) is 10.9. The molecule has 0 aliphatic rings. The number of hydrogen-bond donors (Lipinski definition) is 2. The van der Waals surface area contributed by atoms with Crippen LogP contribution in [0.2, 0.25) is 0 Å². The Morgan fingerprint density at radius 2 is 1.61 bits per heavy atom. The van der Waals surface area contributed by atoms with Crippen LogP contribution in [0.5, 0.6) is 0 Å². The number of anilines is 1. The van der Waals surface area contributed by atoms with Gasteiger partial charge in [-0.25, -0.2) is 4.79 Å². The minimum absolute atomic E-state index is 0.110. The number of nitrogens with one attached hydrogen (secondary N) is 2. The monoisotopic (exact) mass is 521 g/mol. The summed E-state index contributed by atoms with van der Waals surface area (Å²) in [5.74, 6) is -0.999. The van der Waals surface area contributed by atoms with Crippen molar-refractivity contribution in [3.63, 3.8) is 0 Å². The first-order valence-electron chi connectivity index (χ1n) is 13.2. The number of aryl methyl sites for hydroxylation is 3. The van der Waals surface area contributed by atoms with Crippen molar-refractivity contribution < 1.29 is 19.1 Å². The highest BCUT2D eigenvalue weighted by Gasteiger charge is 2.37. The highest BCUT2D eigenvalue weighted by molar-refractivity contribution is 6.00. The first kappa shape index (κ1) is 30.6. The van der Waals surface area contributed by atoms with Gasteiger partial charge in [-0.15, -0.1) is 6.58 Å². The van der Waals surface area contributed by atoms with Crippen molar-refractivity contribution in [1.29, 1.82) is 0 Å². The van der Waals surface area contributed by atoms with E-state index in [2.05, 4.69) is 24.1 Å². The maximum absolute atomic E-state index is 14.0. The number of rotatable bonds is 10. The Bertz CT molecular complexity index is 1110. The van der Waals surface area contributed by atoms with Gasteiger partial charge in [-0.1, -0.05) is 69.3 Å². The van der Waals surface area contributed by atoms with Crippen molar-refractivity contribution in [2.24, 2.45) is 5.92 Å². The molecular weight excluding hydrogens is 478 g/mol. The molecule has 2 aromatic carbocycles. The molecule has 0 aromatic heterocycles. The Labute approximate surface area is 227 Å². The molecule has 0 aliphatic carbocycles. The van der Waals surface area contributed by atoms with E-state index >= 15 is 0 Å². The van der Waals surface area contributed by atoms with Crippen molar-refractivity contribution in [1.82, 2.24) is 10.2 Å². The van der Waals surface area contributed by atoms with E-state index in [0.29, 0.717) is 11.3 Å². The van der Waals surface area contributed by atoms with E-state index in [-0.39, 0.29) is 18.4 Å². The molecule has 7 nitrogen and oxygen atoms in total. The van der Waals surface area contributed by atoms with E-state index in [0.717, 1.165) is 23.1 Å². The lowest BCUT2D eigenvalue weighted by Gasteiger charge is -2.35. The molecule has 0 fully saturated rings. The van der Waals surface area contributed by atoms with Crippen molar-refractivity contribution in [3.05, 3.63) is 77.4 Å². The van der Waals surface area contributed by atoms with Crippen molar-refractivity contribution in [3.8, 4) is 0 Å². The fourth-order valence-electron chi connectivity index (χ4n) is 4.20. The molecule has 7 heteroatoms. The molecule has 0 heterocycles. The third-order valence-electron chi connectivity index (χ3n) is 6.21. The van der Waals surface area contributed by atoms with E-state index < -0.39 is 29.7 Å². The van der Waals surface area contributed by atoms with Gasteiger partial charge in [0.25, 0.3) is 5.91 Å². The van der Waals surface area contributed by atoms with Gasteiger partial charge in [0.15, 0.2) is 0 Å². The third kappa shape index (κ3) is 8.20. The van der Waals surface area contributed by atoms with Crippen LogP contribution in [-0.2, 0) is 20.7 Å². The van der Waals surface area contributed by atoms with Crippen molar-refractivity contribution in [2.45, 2.75) is 79.5 Å². The highest BCUT2D eigenvalue weighted by atomic mass is 16.6. The average molecular weight is 522 g/mol. The van der Waals surface area contributed by atoms with Crippen LogP contribution in [0.15, 0.2) is 55.1 Å². The standard InChI is InChI=1S/C31H43N3O4/c1-10-19-34(29(36)25(20(3)4)33-30(37)38-31(7,8)9)27(24-17-15-23(11-2)16-18-24)28(35)32-26-21(5)13-12-14-22(26)6/h10,12-18,20,25,27H,1,11,19H2,2-9H3,(H,32,35)(H,33,37). The number of hydrogen-bond acceptors (Lipinski definition) is 4. The van der Waals surface area contributed by atoms with Crippen LogP contribution in [0.25, 0.3) is 0 Å². The van der Waals surface area contributed by atoms with E-state index in [1.165, 1.54) is 4.90 Å². The minimum Gasteiger partial charge on any atom is -0.444 e. The number of ether oxygens (including phenoxy) is 1. The maximum Gasteiger partial charge on any atom is 0.408 e. The van der Waals surface area contributed by atoms with Crippen LogP contribution in [-0.4, -0.2) is 41.0 Å². The van der Waals surface area contributed by atoms with Gasteiger partial charge in [0.1, 0.15) is 17.7 Å². The Kier molecular flexibility index (Phi) is 10.7. The van der Waals surface area contributed by atoms with Crippen LogP contribution in [0, 0.1) is 19.8 Å². The lowest BCUT2D eigenvalue weighted by Crippen LogP contribution is -2.54. The number of amides is 3. The van der Waals surface area contributed by atoms with Gasteiger partial charge in [0, 0.05) is 12.2 Å². The summed E-state index contributed by atoms with van der Waals surface area (Å²) in [6.45, 7) is 18.8. The molecular formula is C31H43N3O4. The van der Waals surface area contributed by atoms with Gasteiger partial charge in [-0.2, -0.15) is 0 Å². The SMILES string of the molecule is C=CCN(C(=O)C(NC(=O)OC(C)(C)C)C(C)C)C(C(=O)Nc1c(C)cccc1C)c1ccc(CC)cc1. The molecule has 206 valence electrons. The van der Waals surface area contributed by atoms with Crippen LogP contribution < -0.4 is 10.6 Å². The summed E-state index contributed by atoms with van der Waals surface area (Å²) in [5, 5.41) is 5.79. The summed E-state index contributed by atoms with van der Waals surface area (Å²) < 4.78 is 5.41. The largest absolute Gasteiger partial charge is 0.444 e. The molecule has 2 atom stereocenters. The van der Waals surface area contributed by atoms with Gasteiger partial charge in [0.05, 0.1) is 0 Å². The molecule has 0 bridgehead atoms. The van der Waals surface area contributed by atoms with E-state index in [9.17, 15) is 14.4 Å². The number of carbonyl (C=O) groups is 3. The summed E-state index contributed by atoms with van der Waals surface area (Å²) in [5.41, 5.74) is 3.63. The number of nitrogens with zero attached hydrogens (tertiary/aromatic N) is 1. The lowest BCUT2D eigenvalue weighted by molar-refractivity contribution is -0.141. The predicted octanol–water partition coefficient (Wildman–Crippen LogP) is 6.11. The van der Waals surface area contributed by atoms with Crippen LogP contribution >= 0.6 is 0 Å². The molecule has 0 saturated carbocycles. The van der Waals surface area contributed by atoms with Crippen LogP contribution in [0.3, 0.4) is 0 Å². The van der Waals surface area contributed by atoms with Gasteiger partial charge < -0.3 is 20.3 Å². The van der Waals surface area contributed by atoms with Crippen molar-refractivity contribution in [2.75, 3.05) is 11.9 Å².